The molecule has 116 valence electrons. The summed E-state index contributed by atoms with van der Waals surface area (Å²) >= 11 is 0. The van der Waals surface area contributed by atoms with Crippen molar-refractivity contribution in [1.29, 1.82) is 0 Å². The van der Waals surface area contributed by atoms with E-state index < -0.39 is 12.1 Å². The Balaban J connectivity index is 2.68. The Kier molecular flexibility index (Phi) is 6.30. The first-order valence-electron chi connectivity index (χ1n) is 6.92. The van der Waals surface area contributed by atoms with Crippen LogP contribution in [0.25, 0.3) is 0 Å². The van der Waals surface area contributed by atoms with E-state index in [0.717, 1.165) is 5.56 Å². The molecule has 1 rings (SSSR count). The maximum Gasteiger partial charge on any atom is 0.321 e. The highest BCUT2D eigenvalue weighted by Gasteiger charge is 2.24. The molecule has 6 heteroatoms. The lowest BCUT2D eigenvalue weighted by atomic mass is 10.1. The number of carbonyl (C=O) groups excluding carboxylic acids is 2. The average molecular weight is 295 g/mol. The van der Waals surface area contributed by atoms with Gasteiger partial charge in [-0.05, 0) is 45.5 Å². The van der Waals surface area contributed by atoms with E-state index in [0.29, 0.717) is 6.54 Å². The first-order valence-corrected chi connectivity index (χ1v) is 6.92. The topological polar surface area (TPSA) is 61.4 Å². The molecular weight excluding hydrogens is 273 g/mol. The van der Waals surface area contributed by atoms with Gasteiger partial charge in [0.1, 0.15) is 5.82 Å². The van der Waals surface area contributed by atoms with E-state index in [2.05, 4.69) is 10.6 Å². The van der Waals surface area contributed by atoms with Gasteiger partial charge in [-0.3, -0.25) is 15.0 Å². The van der Waals surface area contributed by atoms with Gasteiger partial charge in [0, 0.05) is 12.6 Å². The van der Waals surface area contributed by atoms with Crippen molar-refractivity contribution < 1.29 is 14.0 Å². The minimum atomic E-state index is -0.503. The Morgan fingerprint density at radius 3 is 2.33 bits per heavy atom. The standard InChI is InChI=1S/C15H22FN3O2/c1-5-17-15(21)18-14(20)11(3)19(4)10(2)12-6-8-13(16)9-7-12/h6-11H,5H2,1-4H3,(H2,17,18,20,21). The fourth-order valence-corrected chi connectivity index (χ4v) is 1.92. The molecule has 21 heavy (non-hydrogen) atoms. The van der Waals surface area contributed by atoms with Gasteiger partial charge in [0.05, 0.1) is 6.04 Å². The number of imide groups is 1. The largest absolute Gasteiger partial charge is 0.338 e. The fraction of sp³-hybridized carbons (Fsp3) is 0.467. The summed E-state index contributed by atoms with van der Waals surface area (Å²) in [6, 6.07) is 5.07. The number of hydrogen-bond acceptors (Lipinski definition) is 3. The minimum Gasteiger partial charge on any atom is -0.338 e. The van der Waals surface area contributed by atoms with Crippen molar-refractivity contribution in [2.75, 3.05) is 13.6 Å². The van der Waals surface area contributed by atoms with Gasteiger partial charge >= 0.3 is 6.03 Å². The molecule has 0 spiro atoms. The monoisotopic (exact) mass is 295 g/mol. The van der Waals surface area contributed by atoms with Crippen LogP contribution in [0.3, 0.4) is 0 Å². The van der Waals surface area contributed by atoms with E-state index >= 15 is 0 Å². The van der Waals surface area contributed by atoms with Gasteiger partial charge in [-0.25, -0.2) is 9.18 Å². The Bertz CT molecular complexity index is 490. The van der Waals surface area contributed by atoms with Crippen LogP contribution in [0, 0.1) is 5.82 Å². The van der Waals surface area contributed by atoms with Crippen molar-refractivity contribution in [3.05, 3.63) is 35.6 Å². The van der Waals surface area contributed by atoms with E-state index in [1.807, 2.05) is 11.8 Å². The molecule has 5 nitrogen and oxygen atoms in total. The second kappa shape index (κ2) is 7.73. The highest BCUT2D eigenvalue weighted by Crippen LogP contribution is 2.21. The summed E-state index contributed by atoms with van der Waals surface area (Å²) in [5.74, 6) is -0.673. The molecule has 0 bridgehead atoms. The third kappa shape index (κ3) is 4.82. The molecule has 0 heterocycles. The smallest absolute Gasteiger partial charge is 0.321 e. The molecule has 2 N–H and O–H groups in total. The maximum absolute atomic E-state index is 12.9. The number of hydrogen-bond donors (Lipinski definition) is 2. The number of nitrogens with one attached hydrogen (secondary N) is 2. The number of nitrogens with zero attached hydrogens (tertiary/aromatic N) is 1. The van der Waals surface area contributed by atoms with Gasteiger partial charge in [-0.2, -0.15) is 0 Å². The first-order chi connectivity index (χ1) is 9.86. The molecule has 0 aliphatic carbocycles. The van der Waals surface area contributed by atoms with Crippen LogP contribution in [-0.4, -0.2) is 36.5 Å². The molecule has 2 atom stereocenters. The summed E-state index contributed by atoms with van der Waals surface area (Å²) in [5, 5.41) is 4.79. The van der Waals surface area contributed by atoms with Crippen molar-refractivity contribution in [3.8, 4) is 0 Å². The molecule has 0 aromatic heterocycles. The van der Waals surface area contributed by atoms with Crippen LogP contribution in [0.2, 0.25) is 0 Å². The summed E-state index contributed by atoms with van der Waals surface area (Å²) in [7, 11) is 1.79. The molecule has 0 radical (unpaired) electrons. The predicted molar refractivity (Wildman–Crippen MR) is 79.3 cm³/mol. The van der Waals surface area contributed by atoms with Crippen LogP contribution < -0.4 is 10.6 Å². The van der Waals surface area contributed by atoms with Gasteiger partial charge in [-0.1, -0.05) is 12.1 Å². The lowest BCUT2D eigenvalue weighted by molar-refractivity contribution is -0.125. The number of halogens is 1. The molecule has 0 fully saturated rings. The highest BCUT2D eigenvalue weighted by atomic mass is 19.1. The third-order valence-electron chi connectivity index (χ3n) is 3.53. The van der Waals surface area contributed by atoms with Crippen molar-refractivity contribution >= 4 is 11.9 Å². The van der Waals surface area contributed by atoms with Crippen LogP contribution in [0.4, 0.5) is 9.18 Å². The van der Waals surface area contributed by atoms with Gasteiger partial charge < -0.3 is 5.32 Å². The second-order valence-corrected chi connectivity index (χ2v) is 4.92. The molecule has 2 unspecified atom stereocenters. The summed E-state index contributed by atoms with van der Waals surface area (Å²) in [5.41, 5.74) is 0.900. The lowest BCUT2D eigenvalue weighted by Crippen LogP contribution is -2.49. The van der Waals surface area contributed by atoms with E-state index in [-0.39, 0.29) is 17.8 Å². The third-order valence-corrected chi connectivity index (χ3v) is 3.53. The highest BCUT2D eigenvalue weighted by molar-refractivity contribution is 5.96. The molecular formula is C15H22FN3O2. The van der Waals surface area contributed by atoms with Crippen molar-refractivity contribution in [2.45, 2.75) is 32.9 Å². The van der Waals surface area contributed by atoms with Crippen LogP contribution in [0.1, 0.15) is 32.4 Å². The van der Waals surface area contributed by atoms with Gasteiger partial charge in [0.15, 0.2) is 0 Å². The van der Waals surface area contributed by atoms with Gasteiger partial charge in [-0.15, -0.1) is 0 Å². The molecule has 0 saturated carbocycles. The van der Waals surface area contributed by atoms with Crippen LogP contribution >= 0.6 is 0 Å². The van der Waals surface area contributed by atoms with Crippen molar-refractivity contribution in [1.82, 2.24) is 15.5 Å². The Morgan fingerprint density at radius 2 is 1.81 bits per heavy atom. The maximum atomic E-state index is 12.9. The summed E-state index contributed by atoms with van der Waals surface area (Å²) < 4.78 is 12.9. The summed E-state index contributed by atoms with van der Waals surface area (Å²) in [4.78, 5) is 25.2. The average Bonchev–Trinajstić information content (AvgIpc) is 2.45. The summed E-state index contributed by atoms with van der Waals surface area (Å²) in [6.45, 7) is 5.86. The van der Waals surface area contributed by atoms with E-state index in [9.17, 15) is 14.0 Å². The summed E-state index contributed by atoms with van der Waals surface area (Å²) in [6.07, 6.45) is 0. The Morgan fingerprint density at radius 1 is 1.24 bits per heavy atom. The molecule has 3 amide bonds. The van der Waals surface area contributed by atoms with Crippen molar-refractivity contribution in [2.24, 2.45) is 0 Å². The normalized spacial score (nSPS) is 13.6. The zero-order valence-corrected chi connectivity index (χ0v) is 12.8. The molecule has 1 aromatic carbocycles. The number of urea groups is 1. The van der Waals surface area contributed by atoms with Crippen LogP contribution in [0.15, 0.2) is 24.3 Å². The SMILES string of the molecule is CCNC(=O)NC(=O)C(C)N(C)C(C)c1ccc(F)cc1. The molecule has 0 aliphatic rings. The number of rotatable bonds is 5. The number of carbonyl (C=O) groups is 2. The molecule has 0 saturated heterocycles. The molecule has 1 aromatic rings. The first kappa shape index (κ1) is 17.1. The van der Waals surface area contributed by atoms with Crippen LogP contribution in [-0.2, 0) is 4.79 Å². The van der Waals surface area contributed by atoms with Gasteiger partial charge in [0.2, 0.25) is 5.91 Å². The van der Waals surface area contributed by atoms with E-state index in [1.165, 1.54) is 12.1 Å². The van der Waals surface area contributed by atoms with Crippen LogP contribution in [0.5, 0.6) is 0 Å². The lowest BCUT2D eigenvalue weighted by Gasteiger charge is -2.30. The van der Waals surface area contributed by atoms with Crippen molar-refractivity contribution in [3.63, 3.8) is 0 Å². The van der Waals surface area contributed by atoms with E-state index in [1.54, 1.807) is 33.0 Å². The Labute approximate surface area is 124 Å². The number of likely N-dealkylation sites (N-methyl/N-ethyl adjacent to an activating group) is 1. The predicted octanol–water partition coefficient (Wildman–Crippen LogP) is 2.05. The van der Waals surface area contributed by atoms with E-state index in [4.69, 9.17) is 0 Å². The zero-order valence-electron chi connectivity index (χ0n) is 12.8. The van der Waals surface area contributed by atoms with Gasteiger partial charge in [0.25, 0.3) is 0 Å². The second-order valence-electron chi connectivity index (χ2n) is 4.92. The molecule has 0 aliphatic heterocycles. The quantitative estimate of drug-likeness (QED) is 0.874. The fourth-order valence-electron chi connectivity index (χ4n) is 1.92. The zero-order chi connectivity index (χ0) is 16.0. The number of benzene rings is 1. The minimum absolute atomic E-state index is 0.0828. The Hall–Kier alpha value is -1.95. The number of amides is 3.